The Morgan fingerprint density at radius 3 is 2.30 bits per heavy atom. The minimum atomic E-state index is -0.786. The Hall–Kier alpha value is -3.18. The van der Waals surface area contributed by atoms with Crippen LogP contribution < -0.4 is 5.32 Å². The summed E-state index contributed by atoms with van der Waals surface area (Å²) in [7, 11) is 0. The molecule has 30 heavy (non-hydrogen) atoms. The van der Waals surface area contributed by atoms with Gasteiger partial charge in [0, 0.05) is 13.0 Å². The van der Waals surface area contributed by atoms with Crippen LogP contribution in [0.1, 0.15) is 31.9 Å². The number of carbonyl (C=O) groups is 2. The standard InChI is InChI=1S/C25H28N2O3/c1-25(2,3)30-27(18-28)23(24(29)26-17-19-9-5-4-6-10-19)16-20-13-14-21-11-7-8-12-22(21)15-20/h4-15,18,23H,16-17H2,1-3H3,(H,26,29)/t23-/m0/s1. The molecule has 3 aromatic carbocycles. The van der Waals surface area contributed by atoms with Crippen LogP contribution in [0.5, 0.6) is 0 Å². The van der Waals surface area contributed by atoms with Crippen molar-refractivity contribution in [2.45, 2.75) is 45.4 Å². The lowest BCUT2D eigenvalue weighted by Gasteiger charge is -2.32. The first-order valence-electron chi connectivity index (χ1n) is 10.1. The number of hydroxylamine groups is 2. The molecular formula is C25H28N2O3. The molecule has 3 aromatic rings. The lowest BCUT2D eigenvalue weighted by molar-refractivity contribution is -0.231. The lowest BCUT2D eigenvalue weighted by Crippen LogP contribution is -2.50. The predicted octanol–water partition coefficient (Wildman–Crippen LogP) is 4.26. The van der Waals surface area contributed by atoms with Gasteiger partial charge in [-0.1, -0.05) is 72.8 Å². The summed E-state index contributed by atoms with van der Waals surface area (Å²) in [5, 5.41) is 6.29. The second-order valence-corrected chi connectivity index (χ2v) is 8.27. The number of fused-ring (bicyclic) bond motifs is 1. The van der Waals surface area contributed by atoms with Crippen LogP contribution in [0.3, 0.4) is 0 Å². The van der Waals surface area contributed by atoms with E-state index in [1.54, 1.807) is 0 Å². The zero-order chi connectivity index (χ0) is 21.6. The molecule has 0 aromatic heterocycles. The molecule has 0 fully saturated rings. The summed E-state index contributed by atoms with van der Waals surface area (Å²) in [6, 6.07) is 23.0. The number of carbonyl (C=O) groups excluding carboxylic acids is 2. The summed E-state index contributed by atoms with van der Waals surface area (Å²) in [6.07, 6.45) is 0.930. The predicted molar refractivity (Wildman–Crippen MR) is 118 cm³/mol. The summed E-state index contributed by atoms with van der Waals surface area (Å²) in [5.74, 6) is -0.261. The highest BCUT2D eigenvalue weighted by molar-refractivity contribution is 5.85. The van der Waals surface area contributed by atoms with Gasteiger partial charge in [-0.25, -0.2) is 5.06 Å². The maximum atomic E-state index is 13.1. The number of hydrogen-bond acceptors (Lipinski definition) is 3. The van der Waals surface area contributed by atoms with Crippen LogP contribution in [0.25, 0.3) is 10.8 Å². The maximum Gasteiger partial charge on any atom is 0.246 e. The van der Waals surface area contributed by atoms with Crippen LogP contribution in [0.4, 0.5) is 0 Å². The van der Waals surface area contributed by atoms with Gasteiger partial charge in [-0.3, -0.25) is 14.4 Å². The monoisotopic (exact) mass is 404 g/mol. The zero-order valence-electron chi connectivity index (χ0n) is 17.7. The molecule has 0 heterocycles. The van der Waals surface area contributed by atoms with E-state index in [0.29, 0.717) is 19.4 Å². The normalized spacial score (nSPS) is 12.4. The van der Waals surface area contributed by atoms with Crippen LogP contribution in [-0.4, -0.2) is 29.0 Å². The number of benzene rings is 3. The van der Waals surface area contributed by atoms with Gasteiger partial charge in [-0.2, -0.15) is 0 Å². The highest BCUT2D eigenvalue weighted by atomic mass is 16.7. The third-order valence-electron chi connectivity index (χ3n) is 4.65. The van der Waals surface area contributed by atoms with Crippen molar-refractivity contribution in [2.75, 3.05) is 0 Å². The van der Waals surface area contributed by atoms with Crippen molar-refractivity contribution in [1.29, 1.82) is 0 Å². The molecule has 0 radical (unpaired) electrons. The molecule has 5 heteroatoms. The quantitative estimate of drug-likeness (QED) is 0.451. The van der Waals surface area contributed by atoms with E-state index in [-0.39, 0.29) is 5.91 Å². The summed E-state index contributed by atoms with van der Waals surface area (Å²) < 4.78 is 0. The molecule has 0 aliphatic rings. The molecular weight excluding hydrogens is 376 g/mol. The highest BCUT2D eigenvalue weighted by Crippen LogP contribution is 2.20. The van der Waals surface area contributed by atoms with Crippen molar-refractivity contribution in [2.24, 2.45) is 0 Å². The number of hydrogen-bond donors (Lipinski definition) is 1. The maximum absolute atomic E-state index is 13.1. The van der Waals surface area contributed by atoms with Crippen LogP contribution >= 0.6 is 0 Å². The average Bonchev–Trinajstić information content (AvgIpc) is 2.74. The summed E-state index contributed by atoms with van der Waals surface area (Å²) >= 11 is 0. The van der Waals surface area contributed by atoms with E-state index in [1.165, 1.54) is 0 Å². The fraction of sp³-hybridized carbons (Fsp3) is 0.280. The van der Waals surface area contributed by atoms with Gasteiger partial charge in [0.1, 0.15) is 6.04 Å². The first-order valence-corrected chi connectivity index (χ1v) is 10.1. The SMILES string of the molecule is CC(C)(C)ON(C=O)[C@@H](Cc1ccc2ccccc2c1)C(=O)NCc1ccccc1. The van der Waals surface area contributed by atoms with Gasteiger partial charge in [-0.05, 0) is 42.7 Å². The van der Waals surface area contributed by atoms with Crippen molar-refractivity contribution < 1.29 is 14.4 Å². The third kappa shape index (κ3) is 5.91. The van der Waals surface area contributed by atoms with Gasteiger partial charge in [0.15, 0.2) is 0 Å². The minimum absolute atomic E-state index is 0.261. The van der Waals surface area contributed by atoms with E-state index >= 15 is 0 Å². The van der Waals surface area contributed by atoms with Gasteiger partial charge < -0.3 is 5.32 Å². The van der Waals surface area contributed by atoms with E-state index in [1.807, 2.05) is 93.6 Å². The zero-order valence-corrected chi connectivity index (χ0v) is 17.7. The van der Waals surface area contributed by atoms with Crippen LogP contribution in [0.2, 0.25) is 0 Å². The number of amides is 2. The molecule has 2 amide bonds. The van der Waals surface area contributed by atoms with Gasteiger partial charge in [0.05, 0.1) is 5.60 Å². The largest absolute Gasteiger partial charge is 0.350 e. The fourth-order valence-electron chi connectivity index (χ4n) is 3.26. The minimum Gasteiger partial charge on any atom is -0.350 e. The van der Waals surface area contributed by atoms with Gasteiger partial charge in [0.25, 0.3) is 0 Å². The van der Waals surface area contributed by atoms with Crippen molar-refractivity contribution in [1.82, 2.24) is 10.4 Å². The Morgan fingerprint density at radius 2 is 1.63 bits per heavy atom. The smallest absolute Gasteiger partial charge is 0.246 e. The Labute approximate surface area is 177 Å². The van der Waals surface area contributed by atoms with Crippen molar-refractivity contribution in [3.8, 4) is 0 Å². The van der Waals surface area contributed by atoms with E-state index in [9.17, 15) is 9.59 Å². The van der Waals surface area contributed by atoms with Crippen LogP contribution in [0.15, 0.2) is 72.8 Å². The Morgan fingerprint density at radius 1 is 0.967 bits per heavy atom. The molecule has 0 saturated carbocycles. The molecule has 0 unspecified atom stereocenters. The van der Waals surface area contributed by atoms with Gasteiger partial charge in [-0.15, -0.1) is 0 Å². The number of nitrogens with one attached hydrogen (secondary N) is 1. The number of nitrogens with zero attached hydrogens (tertiary/aromatic N) is 1. The first kappa shape index (κ1) is 21.5. The summed E-state index contributed by atoms with van der Waals surface area (Å²) in [5.41, 5.74) is 1.34. The van der Waals surface area contributed by atoms with E-state index in [4.69, 9.17) is 4.84 Å². The lowest BCUT2D eigenvalue weighted by atomic mass is 10.0. The van der Waals surface area contributed by atoms with Crippen molar-refractivity contribution >= 4 is 23.1 Å². The van der Waals surface area contributed by atoms with Crippen LogP contribution in [0, 0.1) is 0 Å². The van der Waals surface area contributed by atoms with E-state index in [0.717, 1.165) is 27.0 Å². The fourth-order valence-corrected chi connectivity index (χ4v) is 3.26. The molecule has 1 N–H and O–H groups in total. The second kappa shape index (κ2) is 9.55. The second-order valence-electron chi connectivity index (χ2n) is 8.27. The Kier molecular flexibility index (Phi) is 6.85. The third-order valence-corrected chi connectivity index (χ3v) is 4.65. The van der Waals surface area contributed by atoms with Gasteiger partial charge in [0.2, 0.25) is 12.3 Å². The summed E-state index contributed by atoms with van der Waals surface area (Å²) in [6.45, 7) is 5.92. The van der Waals surface area contributed by atoms with E-state index < -0.39 is 11.6 Å². The topological polar surface area (TPSA) is 58.6 Å². The molecule has 0 spiro atoms. The van der Waals surface area contributed by atoms with Crippen molar-refractivity contribution in [3.05, 3.63) is 83.9 Å². The summed E-state index contributed by atoms with van der Waals surface area (Å²) in [4.78, 5) is 30.7. The molecule has 3 rings (SSSR count). The molecule has 5 nitrogen and oxygen atoms in total. The van der Waals surface area contributed by atoms with E-state index in [2.05, 4.69) is 5.32 Å². The number of rotatable bonds is 8. The van der Waals surface area contributed by atoms with Gasteiger partial charge >= 0.3 is 0 Å². The Balaban J connectivity index is 1.83. The molecule has 1 atom stereocenters. The highest BCUT2D eigenvalue weighted by Gasteiger charge is 2.29. The molecule has 0 aliphatic heterocycles. The van der Waals surface area contributed by atoms with Crippen LogP contribution in [-0.2, 0) is 27.4 Å². The van der Waals surface area contributed by atoms with Crippen molar-refractivity contribution in [3.63, 3.8) is 0 Å². The molecule has 0 aliphatic carbocycles. The Bertz CT molecular complexity index is 996. The molecule has 0 saturated heterocycles. The molecule has 156 valence electrons. The first-order chi connectivity index (χ1) is 14.4. The average molecular weight is 405 g/mol. The molecule has 0 bridgehead atoms.